The van der Waals surface area contributed by atoms with Crippen molar-refractivity contribution in [3.8, 4) is 11.3 Å². The number of rotatable bonds is 7. The fourth-order valence-corrected chi connectivity index (χ4v) is 9.23. The zero-order valence-electron chi connectivity index (χ0n) is 21.9. The normalized spacial score (nSPS) is 26.8. The molecule has 4 aliphatic rings. The van der Waals surface area contributed by atoms with E-state index < -0.39 is 5.97 Å². The number of anilines is 1. The van der Waals surface area contributed by atoms with E-state index in [9.17, 15) is 9.90 Å². The molecule has 0 radical (unpaired) electrons. The van der Waals surface area contributed by atoms with Crippen LogP contribution in [-0.2, 0) is 11.3 Å². The number of hydrogen-bond donors (Lipinski definition) is 1. The van der Waals surface area contributed by atoms with Crippen LogP contribution in [0.25, 0.3) is 21.3 Å². The molecule has 2 saturated carbocycles. The molecular weight excluding hydrogens is 605 g/mol. The van der Waals surface area contributed by atoms with E-state index in [1.54, 1.807) is 6.07 Å². The molecule has 1 N–H and O–H groups in total. The van der Waals surface area contributed by atoms with Crippen LogP contribution in [0.3, 0.4) is 0 Å². The average molecular weight is 631 g/mol. The Hall–Kier alpha value is -2.36. The van der Waals surface area contributed by atoms with Gasteiger partial charge in [-0.1, -0.05) is 46.0 Å². The molecule has 2 unspecified atom stereocenters. The Morgan fingerprint density at radius 3 is 2.61 bits per heavy atom. The van der Waals surface area contributed by atoms with Gasteiger partial charge in [0, 0.05) is 34.5 Å². The van der Waals surface area contributed by atoms with Gasteiger partial charge < -0.3 is 19.3 Å². The van der Waals surface area contributed by atoms with Crippen molar-refractivity contribution >= 4 is 68.1 Å². The van der Waals surface area contributed by atoms with Crippen molar-refractivity contribution in [2.24, 2.45) is 5.41 Å². The Morgan fingerprint density at radius 2 is 1.88 bits per heavy atom. The topological polar surface area (TPSA) is 88.7 Å². The maximum absolute atomic E-state index is 11.6. The minimum absolute atomic E-state index is 0.0657. The number of fused-ring (bicyclic) bond motifs is 4. The third kappa shape index (κ3) is 4.13. The molecule has 2 aromatic heterocycles. The van der Waals surface area contributed by atoms with E-state index in [2.05, 4.69) is 14.4 Å². The van der Waals surface area contributed by atoms with Crippen LogP contribution >= 0.6 is 46.3 Å². The number of halogens is 3. The average Bonchev–Trinajstić information content (AvgIpc) is 3.24. The standard InChI is InChI=1S/C30H26Cl3N3O4S/c31-19-2-1-3-20(32)25(19)26-18(28(40-34-26)14-4-5-14)13-39-16-11-30(12-16)10-15-6-7-24(30)36(15)22-9-23-17(8-21(22)33)27(29(37)38)35-41-23/h1-3,8-9,14-16,24H,4-7,10-13H2,(H,37,38). The molecule has 11 heteroatoms. The molecule has 0 amide bonds. The molecule has 4 fully saturated rings. The number of aromatic carboxylic acids is 1. The molecule has 41 heavy (non-hydrogen) atoms. The molecule has 2 bridgehead atoms. The van der Waals surface area contributed by atoms with Gasteiger partial charge in [-0.15, -0.1) is 0 Å². The van der Waals surface area contributed by atoms with Gasteiger partial charge >= 0.3 is 5.97 Å². The summed E-state index contributed by atoms with van der Waals surface area (Å²) in [5.74, 6) is 0.253. The molecule has 2 aliphatic carbocycles. The zero-order valence-corrected chi connectivity index (χ0v) is 25.0. The van der Waals surface area contributed by atoms with Crippen LogP contribution in [-0.4, -0.2) is 38.8 Å². The number of carboxylic acids is 1. The van der Waals surface area contributed by atoms with Gasteiger partial charge in [-0.05, 0) is 86.2 Å². The van der Waals surface area contributed by atoms with Crippen LogP contribution < -0.4 is 4.90 Å². The summed E-state index contributed by atoms with van der Waals surface area (Å²) in [5.41, 5.74) is 3.60. The van der Waals surface area contributed by atoms with E-state index >= 15 is 0 Å². The first kappa shape index (κ1) is 26.3. The van der Waals surface area contributed by atoms with Gasteiger partial charge in [0.2, 0.25) is 0 Å². The van der Waals surface area contributed by atoms with E-state index in [0.29, 0.717) is 56.3 Å². The SMILES string of the molecule is O=C(O)c1nsc2cc(N3C4CCC3C3(CC(OCc5c(-c6c(Cl)cccc6Cl)noc5C5CC5)C3)C4)c(Cl)cc12. The number of nitrogens with zero attached hydrogens (tertiary/aromatic N) is 3. The molecule has 1 spiro atoms. The van der Waals surface area contributed by atoms with Gasteiger partial charge in [-0.3, -0.25) is 0 Å². The summed E-state index contributed by atoms with van der Waals surface area (Å²) < 4.78 is 17.3. The largest absolute Gasteiger partial charge is 0.476 e. The number of carboxylic acid groups (broad SMARTS) is 1. The Bertz CT molecular complexity index is 1690. The molecule has 2 saturated heterocycles. The maximum Gasteiger partial charge on any atom is 0.356 e. The highest BCUT2D eigenvalue weighted by atomic mass is 35.5. The van der Waals surface area contributed by atoms with Gasteiger partial charge in [0.1, 0.15) is 11.5 Å². The van der Waals surface area contributed by atoms with Crippen LogP contribution in [0.1, 0.15) is 72.7 Å². The van der Waals surface area contributed by atoms with Crippen LogP contribution in [0.5, 0.6) is 0 Å². The highest BCUT2D eigenvalue weighted by Crippen LogP contribution is 2.62. The zero-order chi connectivity index (χ0) is 28.0. The Labute approximate surface area is 255 Å². The lowest BCUT2D eigenvalue weighted by atomic mass is 9.59. The molecule has 7 nitrogen and oxygen atoms in total. The van der Waals surface area contributed by atoms with Crippen molar-refractivity contribution in [1.82, 2.24) is 9.53 Å². The Balaban J connectivity index is 1.01. The lowest BCUT2D eigenvalue weighted by Crippen LogP contribution is -2.50. The van der Waals surface area contributed by atoms with Crippen LogP contribution in [0, 0.1) is 5.41 Å². The van der Waals surface area contributed by atoms with Crippen LogP contribution in [0.15, 0.2) is 34.9 Å². The van der Waals surface area contributed by atoms with Gasteiger partial charge in [0.05, 0.1) is 38.2 Å². The first-order valence-electron chi connectivity index (χ1n) is 14.0. The quantitative estimate of drug-likeness (QED) is 0.219. The number of hydrogen-bond acceptors (Lipinski definition) is 7. The molecule has 8 rings (SSSR count). The van der Waals surface area contributed by atoms with Crippen molar-refractivity contribution in [2.45, 2.75) is 75.7 Å². The number of benzene rings is 2. The molecular formula is C30H26Cl3N3O4S. The highest BCUT2D eigenvalue weighted by Gasteiger charge is 2.61. The molecule has 4 aromatic rings. The van der Waals surface area contributed by atoms with Crippen molar-refractivity contribution < 1.29 is 19.2 Å². The van der Waals surface area contributed by atoms with Gasteiger partial charge in [-0.2, -0.15) is 4.37 Å². The van der Waals surface area contributed by atoms with E-state index in [1.165, 1.54) is 11.5 Å². The van der Waals surface area contributed by atoms with Crippen molar-refractivity contribution in [3.63, 3.8) is 0 Å². The third-order valence-corrected chi connectivity index (χ3v) is 11.3. The second kappa shape index (κ2) is 9.58. The first-order valence-corrected chi connectivity index (χ1v) is 15.9. The lowest BCUT2D eigenvalue weighted by molar-refractivity contribution is -0.0968. The molecule has 4 heterocycles. The van der Waals surface area contributed by atoms with Gasteiger partial charge in [0.25, 0.3) is 0 Å². The van der Waals surface area contributed by atoms with Crippen molar-refractivity contribution in [3.05, 3.63) is 62.4 Å². The summed E-state index contributed by atoms with van der Waals surface area (Å²) in [6.07, 6.45) is 7.74. The lowest BCUT2D eigenvalue weighted by Gasteiger charge is -2.50. The van der Waals surface area contributed by atoms with E-state index in [1.807, 2.05) is 24.3 Å². The van der Waals surface area contributed by atoms with Gasteiger partial charge in [-0.25, -0.2) is 4.79 Å². The number of aromatic nitrogens is 2. The van der Waals surface area contributed by atoms with E-state index in [4.69, 9.17) is 44.1 Å². The highest BCUT2D eigenvalue weighted by molar-refractivity contribution is 7.13. The smallest absolute Gasteiger partial charge is 0.356 e. The fraction of sp³-hybridized carbons (Fsp3) is 0.433. The Morgan fingerprint density at radius 1 is 1.10 bits per heavy atom. The van der Waals surface area contributed by atoms with Crippen molar-refractivity contribution in [2.75, 3.05) is 4.90 Å². The first-order chi connectivity index (χ1) is 19.8. The van der Waals surface area contributed by atoms with Crippen LogP contribution in [0.4, 0.5) is 5.69 Å². The van der Waals surface area contributed by atoms with E-state index in [-0.39, 0.29) is 17.2 Å². The summed E-state index contributed by atoms with van der Waals surface area (Å²) in [7, 11) is 0. The second-order valence-corrected chi connectivity index (χ2v) is 14.0. The summed E-state index contributed by atoms with van der Waals surface area (Å²) in [6, 6.07) is 10.1. The molecule has 2 aromatic carbocycles. The number of carbonyl (C=O) groups is 1. The van der Waals surface area contributed by atoms with Crippen molar-refractivity contribution in [1.29, 1.82) is 0 Å². The van der Waals surface area contributed by atoms with Crippen LogP contribution in [0.2, 0.25) is 15.1 Å². The fourth-order valence-electron chi connectivity index (χ4n) is 7.61. The minimum atomic E-state index is -1.03. The summed E-state index contributed by atoms with van der Waals surface area (Å²) in [4.78, 5) is 14.1. The Kier molecular flexibility index (Phi) is 6.14. The minimum Gasteiger partial charge on any atom is -0.476 e. The van der Waals surface area contributed by atoms with E-state index in [0.717, 1.165) is 66.7 Å². The second-order valence-electron chi connectivity index (χ2n) is 11.9. The molecule has 2 atom stereocenters. The molecule has 2 aliphatic heterocycles. The summed E-state index contributed by atoms with van der Waals surface area (Å²) in [6.45, 7) is 0.421. The maximum atomic E-state index is 11.6. The third-order valence-electron chi connectivity index (χ3n) is 9.57. The monoisotopic (exact) mass is 629 g/mol. The predicted molar refractivity (Wildman–Crippen MR) is 160 cm³/mol. The predicted octanol–water partition coefficient (Wildman–Crippen LogP) is 8.59. The number of ether oxygens (including phenoxy) is 1. The molecule has 212 valence electrons. The summed E-state index contributed by atoms with van der Waals surface area (Å²) >= 11 is 21.1. The van der Waals surface area contributed by atoms with Gasteiger partial charge in [0.15, 0.2) is 5.69 Å². The summed E-state index contributed by atoms with van der Waals surface area (Å²) in [5, 5.41) is 16.2.